The van der Waals surface area contributed by atoms with Crippen LogP contribution < -0.4 is 4.90 Å². The largest absolute Gasteiger partial charge is 0.355 e. The molecule has 0 radical (unpaired) electrons. The van der Waals surface area contributed by atoms with Crippen molar-refractivity contribution in [2.24, 2.45) is 5.92 Å². The monoisotopic (exact) mass is 288 g/mol. The van der Waals surface area contributed by atoms with Crippen LogP contribution in [0.4, 0.5) is 5.82 Å². The van der Waals surface area contributed by atoms with Gasteiger partial charge in [0, 0.05) is 19.6 Å². The zero-order chi connectivity index (χ0) is 13.1. The molecule has 100 valence electrons. The number of hydrogen-bond acceptors (Lipinski definition) is 4. The van der Waals surface area contributed by atoms with E-state index in [9.17, 15) is 0 Å². The maximum atomic E-state index is 6.12. The normalized spacial score (nSPS) is 17.5. The lowest BCUT2D eigenvalue weighted by Gasteiger charge is -2.34. The summed E-state index contributed by atoms with van der Waals surface area (Å²) in [6.07, 6.45) is 3.89. The van der Waals surface area contributed by atoms with Crippen molar-refractivity contribution >= 4 is 29.0 Å². The fraction of sp³-hybridized carbons (Fsp3) is 0.667. The van der Waals surface area contributed by atoms with E-state index in [0.29, 0.717) is 5.02 Å². The van der Waals surface area contributed by atoms with Gasteiger partial charge in [0.2, 0.25) is 5.28 Å². The lowest BCUT2D eigenvalue weighted by Crippen LogP contribution is -2.37. The Morgan fingerprint density at radius 3 is 2.61 bits per heavy atom. The van der Waals surface area contributed by atoms with E-state index >= 15 is 0 Å². The van der Waals surface area contributed by atoms with E-state index < -0.39 is 0 Å². The van der Waals surface area contributed by atoms with Crippen molar-refractivity contribution < 1.29 is 0 Å². The van der Waals surface area contributed by atoms with Crippen LogP contribution in [-0.4, -0.2) is 48.6 Å². The van der Waals surface area contributed by atoms with Crippen LogP contribution in [0.25, 0.3) is 0 Å². The van der Waals surface area contributed by atoms with Crippen LogP contribution in [0.3, 0.4) is 0 Å². The molecule has 2 rings (SSSR count). The second-order valence-electron chi connectivity index (χ2n) is 5.00. The second kappa shape index (κ2) is 6.04. The first-order valence-corrected chi connectivity index (χ1v) is 6.89. The number of anilines is 1. The Balaban J connectivity index is 1.99. The van der Waals surface area contributed by atoms with Gasteiger partial charge < -0.3 is 9.80 Å². The summed E-state index contributed by atoms with van der Waals surface area (Å²) in [5, 5.41) is 0.829. The first kappa shape index (κ1) is 13.8. The predicted molar refractivity (Wildman–Crippen MR) is 75.5 cm³/mol. The number of piperidine rings is 1. The molecule has 0 atom stereocenters. The smallest absolute Gasteiger partial charge is 0.224 e. The minimum Gasteiger partial charge on any atom is -0.355 e. The highest BCUT2D eigenvalue weighted by Crippen LogP contribution is 2.28. The Bertz CT molecular complexity index is 403. The van der Waals surface area contributed by atoms with E-state index in [-0.39, 0.29) is 5.28 Å². The molecule has 0 aromatic carbocycles. The average molecular weight is 289 g/mol. The van der Waals surface area contributed by atoms with E-state index in [2.05, 4.69) is 33.9 Å². The molecule has 0 bridgehead atoms. The fourth-order valence-corrected chi connectivity index (χ4v) is 2.74. The van der Waals surface area contributed by atoms with Crippen molar-refractivity contribution in [2.75, 3.05) is 38.6 Å². The zero-order valence-corrected chi connectivity index (χ0v) is 12.2. The molecule has 1 aromatic rings. The van der Waals surface area contributed by atoms with Gasteiger partial charge in [0.05, 0.1) is 6.20 Å². The highest BCUT2D eigenvalue weighted by Gasteiger charge is 2.22. The number of nitrogens with zero attached hydrogens (tertiary/aromatic N) is 4. The van der Waals surface area contributed by atoms with Gasteiger partial charge in [0.15, 0.2) is 5.82 Å². The summed E-state index contributed by atoms with van der Waals surface area (Å²) < 4.78 is 0. The lowest BCUT2D eigenvalue weighted by molar-refractivity contribution is 0.284. The molecule has 6 heteroatoms. The average Bonchev–Trinajstić information content (AvgIpc) is 2.33. The number of hydrogen-bond donors (Lipinski definition) is 0. The molecule has 1 aliphatic rings. The molecule has 0 saturated carbocycles. The van der Waals surface area contributed by atoms with Gasteiger partial charge in [-0.05, 0) is 44.5 Å². The molecular formula is C12H18Cl2N4. The van der Waals surface area contributed by atoms with Crippen LogP contribution in [0.5, 0.6) is 0 Å². The van der Waals surface area contributed by atoms with Gasteiger partial charge in [0.25, 0.3) is 0 Å². The van der Waals surface area contributed by atoms with Crippen LogP contribution >= 0.6 is 23.2 Å². The van der Waals surface area contributed by atoms with Crippen LogP contribution in [0.1, 0.15) is 12.8 Å². The van der Waals surface area contributed by atoms with E-state index in [0.717, 1.165) is 44.2 Å². The van der Waals surface area contributed by atoms with Gasteiger partial charge in [-0.2, -0.15) is 4.98 Å². The molecule has 0 N–H and O–H groups in total. The standard InChI is InChI=1S/C12H18Cl2N4/c1-17(2)8-9-3-5-18(6-4-9)11-10(13)7-15-12(14)16-11/h7,9H,3-6,8H2,1-2H3. The molecule has 0 unspecified atom stereocenters. The second-order valence-corrected chi connectivity index (χ2v) is 5.75. The molecule has 1 aliphatic heterocycles. The molecule has 0 spiro atoms. The third kappa shape index (κ3) is 3.46. The summed E-state index contributed by atoms with van der Waals surface area (Å²) in [4.78, 5) is 12.5. The van der Waals surface area contributed by atoms with Crippen molar-refractivity contribution in [3.63, 3.8) is 0 Å². The zero-order valence-electron chi connectivity index (χ0n) is 10.7. The van der Waals surface area contributed by atoms with Crippen LogP contribution in [0, 0.1) is 5.92 Å². The Morgan fingerprint density at radius 1 is 1.33 bits per heavy atom. The SMILES string of the molecule is CN(C)CC1CCN(c2nc(Cl)ncc2Cl)CC1. The van der Waals surface area contributed by atoms with E-state index in [1.54, 1.807) is 6.20 Å². The van der Waals surface area contributed by atoms with Gasteiger partial charge in [-0.15, -0.1) is 0 Å². The van der Waals surface area contributed by atoms with E-state index in [1.807, 2.05) is 0 Å². The van der Waals surface area contributed by atoms with E-state index in [4.69, 9.17) is 23.2 Å². The van der Waals surface area contributed by atoms with Crippen LogP contribution in [0.2, 0.25) is 10.3 Å². The Hall–Kier alpha value is -0.580. The van der Waals surface area contributed by atoms with Gasteiger partial charge in [-0.25, -0.2) is 4.98 Å². The van der Waals surface area contributed by atoms with Crippen LogP contribution in [-0.2, 0) is 0 Å². The Labute approximate surface area is 118 Å². The summed E-state index contributed by atoms with van der Waals surface area (Å²) in [6, 6.07) is 0. The summed E-state index contributed by atoms with van der Waals surface area (Å²) in [5.74, 6) is 1.52. The number of halogens is 2. The molecule has 4 nitrogen and oxygen atoms in total. The van der Waals surface area contributed by atoms with Crippen molar-refractivity contribution in [2.45, 2.75) is 12.8 Å². The van der Waals surface area contributed by atoms with Crippen molar-refractivity contribution in [3.05, 3.63) is 16.5 Å². The molecule has 1 fully saturated rings. The number of aromatic nitrogens is 2. The van der Waals surface area contributed by atoms with E-state index in [1.165, 1.54) is 0 Å². The molecular weight excluding hydrogens is 271 g/mol. The first-order valence-electron chi connectivity index (χ1n) is 6.14. The summed E-state index contributed by atoms with van der Waals surface area (Å²) in [6.45, 7) is 3.10. The fourth-order valence-electron chi connectivity index (χ4n) is 2.40. The van der Waals surface area contributed by atoms with Crippen molar-refractivity contribution in [1.82, 2.24) is 14.9 Å². The summed E-state index contributed by atoms with van der Waals surface area (Å²) >= 11 is 11.9. The summed E-state index contributed by atoms with van der Waals surface area (Å²) in [7, 11) is 4.24. The molecule has 1 aromatic heterocycles. The molecule has 2 heterocycles. The predicted octanol–water partition coefficient (Wildman–Crippen LogP) is 2.56. The minimum atomic E-state index is 0.254. The maximum Gasteiger partial charge on any atom is 0.224 e. The van der Waals surface area contributed by atoms with Crippen molar-refractivity contribution in [3.8, 4) is 0 Å². The quantitative estimate of drug-likeness (QED) is 0.801. The van der Waals surface area contributed by atoms with Crippen molar-refractivity contribution in [1.29, 1.82) is 0 Å². The number of rotatable bonds is 3. The molecule has 1 saturated heterocycles. The van der Waals surface area contributed by atoms with Crippen LogP contribution in [0.15, 0.2) is 6.20 Å². The topological polar surface area (TPSA) is 32.3 Å². The molecule has 18 heavy (non-hydrogen) atoms. The van der Waals surface area contributed by atoms with Gasteiger partial charge in [-0.1, -0.05) is 11.6 Å². The molecule has 0 amide bonds. The highest BCUT2D eigenvalue weighted by molar-refractivity contribution is 6.33. The molecule has 0 aliphatic carbocycles. The van der Waals surface area contributed by atoms with Gasteiger partial charge >= 0.3 is 0 Å². The highest BCUT2D eigenvalue weighted by atomic mass is 35.5. The third-order valence-electron chi connectivity index (χ3n) is 3.23. The Morgan fingerprint density at radius 2 is 2.00 bits per heavy atom. The van der Waals surface area contributed by atoms with Gasteiger partial charge in [-0.3, -0.25) is 0 Å². The lowest BCUT2D eigenvalue weighted by atomic mass is 9.96. The third-order valence-corrected chi connectivity index (χ3v) is 3.68. The maximum absolute atomic E-state index is 6.12. The first-order chi connectivity index (χ1) is 8.56. The minimum absolute atomic E-state index is 0.254. The summed E-state index contributed by atoms with van der Waals surface area (Å²) in [5.41, 5.74) is 0. The Kier molecular flexibility index (Phi) is 4.65. The van der Waals surface area contributed by atoms with Gasteiger partial charge in [0.1, 0.15) is 5.02 Å².